The topological polar surface area (TPSA) is 104 Å². The predicted octanol–water partition coefficient (Wildman–Crippen LogP) is 1.67. The number of nitrogens with zero attached hydrogens (tertiary/aromatic N) is 3. The van der Waals surface area contributed by atoms with E-state index in [1.165, 1.54) is 35.5 Å². The van der Waals surface area contributed by atoms with Crippen LogP contribution in [0.1, 0.15) is 29.8 Å². The lowest BCUT2D eigenvalue weighted by atomic mass is 10.1. The zero-order chi connectivity index (χ0) is 24.5. The fourth-order valence-corrected chi connectivity index (χ4v) is 5.80. The quantitative estimate of drug-likeness (QED) is 0.597. The highest BCUT2D eigenvalue weighted by Crippen LogP contribution is 2.31. The van der Waals surface area contributed by atoms with Crippen LogP contribution in [-0.2, 0) is 30.8 Å². The van der Waals surface area contributed by atoms with Crippen molar-refractivity contribution in [1.82, 2.24) is 9.21 Å². The molecule has 9 nitrogen and oxygen atoms in total. The summed E-state index contributed by atoms with van der Waals surface area (Å²) in [5, 5.41) is 0. The van der Waals surface area contributed by atoms with Gasteiger partial charge in [-0.1, -0.05) is 18.2 Å². The molecule has 1 fully saturated rings. The number of carbonyl (C=O) groups excluding carboxylic acids is 3. The number of fused-ring (bicyclic) bond motifs is 1. The van der Waals surface area contributed by atoms with Gasteiger partial charge in [-0.2, -0.15) is 4.31 Å². The number of sulfonamides is 1. The van der Waals surface area contributed by atoms with Crippen LogP contribution in [-0.4, -0.2) is 74.2 Å². The molecular weight excluding hydrogens is 458 g/mol. The highest BCUT2D eigenvalue weighted by molar-refractivity contribution is 7.89. The van der Waals surface area contributed by atoms with Crippen LogP contribution in [0.3, 0.4) is 0 Å². The Balaban J connectivity index is 1.36. The molecule has 2 aliphatic rings. The second-order valence-electron chi connectivity index (χ2n) is 8.46. The van der Waals surface area contributed by atoms with Crippen molar-refractivity contribution in [3.05, 3.63) is 59.7 Å². The van der Waals surface area contributed by atoms with E-state index in [4.69, 9.17) is 4.74 Å². The third-order valence-electron chi connectivity index (χ3n) is 6.21. The largest absolute Gasteiger partial charge is 0.452 e. The average molecular weight is 486 g/mol. The summed E-state index contributed by atoms with van der Waals surface area (Å²) in [5.41, 5.74) is 2.06. The molecule has 4 rings (SSSR count). The van der Waals surface area contributed by atoms with Gasteiger partial charge < -0.3 is 14.5 Å². The van der Waals surface area contributed by atoms with Gasteiger partial charge in [0.15, 0.2) is 6.61 Å². The van der Waals surface area contributed by atoms with E-state index in [9.17, 15) is 22.8 Å². The van der Waals surface area contributed by atoms with Gasteiger partial charge in [0.05, 0.1) is 10.5 Å². The van der Waals surface area contributed by atoms with Crippen molar-refractivity contribution in [1.29, 1.82) is 0 Å². The van der Waals surface area contributed by atoms with Crippen LogP contribution in [0.4, 0.5) is 5.69 Å². The number of hydrogen-bond donors (Lipinski definition) is 0. The van der Waals surface area contributed by atoms with Crippen molar-refractivity contribution < 1.29 is 27.5 Å². The molecule has 34 heavy (non-hydrogen) atoms. The molecule has 0 bridgehead atoms. The Labute approximate surface area is 198 Å². The van der Waals surface area contributed by atoms with Crippen LogP contribution in [0.25, 0.3) is 0 Å². The van der Waals surface area contributed by atoms with E-state index < -0.39 is 22.6 Å². The highest BCUT2D eigenvalue weighted by atomic mass is 32.2. The van der Waals surface area contributed by atoms with Gasteiger partial charge >= 0.3 is 5.97 Å². The second-order valence-corrected chi connectivity index (χ2v) is 10.4. The molecule has 0 saturated carbocycles. The number of piperazine rings is 1. The Morgan fingerprint density at radius 2 is 1.62 bits per heavy atom. The molecule has 0 aliphatic carbocycles. The lowest BCUT2D eigenvalue weighted by Crippen LogP contribution is -2.49. The van der Waals surface area contributed by atoms with Crippen LogP contribution in [0, 0.1) is 0 Å². The minimum absolute atomic E-state index is 0.0228. The molecule has 1 atom stereocenters. The summed E-state index contributed by atoms with van der Waals surface area (Å²) in [6.45, 7) is 4.11. The molecule has 0 aromatic heterocycles. The Kier molecular flexibility index (Phi) is 6.72. The molecule has 180 valence electrons. The molecule has 2 aliphatic heterocycles. The molecule has 10 heteroatoms. The number of amides is 2. The summed E-state index contributed by atoms with van der Waals surface area (Å²) in [4.78, 5) is 39.9. The van der Waals surface area contributed by atoms with Gasteiger partial charge in [0.1, 0.15) is 0 Å². The minimum atomic E-state index is -3.74. The lowest BCUT2D eigenvalue weighted by Gasteiger charge is -2.33. The summed E-state index contributed by atoms with van der Waals surface area (Å²) >= 11 is 0. The number of ether oxygens (including phenoxy) is 1. The van der Waals surface area contributed by atoms with E-state index >= 15 is 0 Å². The Bertz CT molecular complexity index is 1200. The van der Waals surface area contributed by atoms with E-state index in [0.717, 1.165) is 17.7 Å². The third kappa shape index (κ3) is 4.69. The number of para-hydroxylation sites is 1. The first-order chi connectivity index (χ1) is 16.2. The van der Waals surface area contributed by atoms with Crippen LogP contribution < -0.4 is 4.90 Å². The monoisotopic (exact) mass is 485 g/mol. The summed E-state index contributed by atoms with van der Waals surface area (Å²) in [7, 11) is -3.74. The molecule has 1 unspecified atom stereocenters. The van der Waals surface area contributed by atoms with Gasteiger partial charge in [-0.05, 0) is 49.2 Å². The molecule has 2 heterocycles. The van der Waals surface area contributed by atoms with E-state index in [2.05, 4.69) is 0 Å². The molecule has 0 N–H and O–H groups in total. The van der Waals surface area contributed by atoms with Crippen molar-refractivity contribution in [3.8, 4) is 0 Å². The fraction of sp³-hybridized carbons (Fsp3) is 0.375. The van der Waals surface area contributed by atoms with Crippen molar-refractivity contribution in [2.45, 2.75) is 31.2 Å². The number of benzene rings is 2. The highest BCUT2D eigenvalue weighted by Gasteiger charge is 2.32. The summed E-state index contributed by atoms with van der Waals surface area (Å²) < 4.78 is 32.3. The van der Waals surface area contributed by atoms with Gasteiger partial charge in [0.2, 0.25) is 15.9 Å². The van der Waals surface area contributed by atoms with Crippen molar-refractivity contribution in [3.63, 3.8) is 0 Å². The Morgan fingerprint density at radius 1 is 0.971 bits per heavy atom. The predicted molar refractivity (Wildman–Crippen MR) is 125 cm³/mol. The van der Waals surface area contributed by atoms with Crippen LogP contribution in [0.5, 0.6) is 0 Å². The third-order valence-corrected chi connectivity index (χ3v) is 8.13. The molecule has 0 spiro atoms. The maximum Gasteiger partial charge on any atom is 0.338 e. The van der Waals surface area contributed by atoms with Gasteiger partial charge in [0, 0.05) is 44.8 Å². The van der Waals surface area contributed by atoms with Gasteiger partial charge in [-0.15, -0.1) is 0 Å². The first-order valence-electron chi connectivity index (χ1n) is 11.1. The Morgan fingerprint density at radius 3 is 2.26 bits per heavy atom. The fourth-order valence-electron chi connectivity index (χ4n) is 4.38. The lowest BCUT2D eigenvalue weighted by molar-refractivity contribution is -0.130. The summed E-state index contributed by atoms with van der Waals surface area (Å²) in [6, 6.07) is 13.1. The Hall–Kier alpha value is -3.24. The van der Waals surface area contributed by atoms with Gasteiger partial charge in [-0.25, -0.2) is 13.2 Å². The first kappa shape index (κ1) is 23.9. The summed E-state index contributed by atoms with van der Waals surface area (Å²) in [5.74, 6) is -1.09. The molecule has 1 saturated heterocycles. The van der Waals surface area contributed by atoms with E-state index in [1.54, 1.807) is 9.80 Å². The molecule has 2 aromatic rings. The number of carbonyl (C=O) groups is 3. The van der Waals surface area contributed by atoms with Gasteiger partial charge in [0.25, 0.3) is 5.91 Å². The van der Waals surface area contributed by atoms with E-state index in [0.29, 0.717) is 13.1 Å². The second kappa shape index (κ2) is 9.55. The zero-order valence-corrected chi connectivity index (χ0v) is 20.0. The normalized spacial score (nSPS) is 18.5. The van der Waals surface area contributed by atoms with Crippen molar-refractivity contribution in [2.24, 2.45) is 0 Å². The molecule has 2 amide bonds. The molecular formula is C24H27N3O6S. The van der Waals surface area contributed by atoms with Crippen LogP contribution in [0.15, 0.2) is 53.4 Å². The zero-order valence-electron chi connectivity index (χ0n) is 19.1. The minimum Gasteiger partial charge on any atom is -0.452 e. The van der Waals surface area contributed by atoms with Crippen molar-refractivity contribution >= 4 is 33.5 Å². The van der Waals surface area contributed by atoms with E-state index in [1.807, 2.05) is 31.2 Å². The number of esters is 1. The van der Waals surface area contributed by atoms with E-state index in [-0.39, 0.29) is 41.4 Å². The van der Waals surface area contributed by atoms with Crippen molar-refractivity contribution in [2.75, 3.05) is 37.7 Å². The maximum absolute atomic E-state index is 12.9. The molecule has 2 aromatic carbocycles. The average Bonchev–Trinajstić information content (AvgIpc) is 3.18. The maximum atomic E-state index is 12.9. The van der Waals surface area contributed by atoms with Crippen LogP contribution in [0.2, 0.25) is 0 Å². The molecule has 0 radical (unpaired) electrons. The smallest absolute Gasteiger partial charge is 0.338 e. The number of rotatable bonds is 5. The first-order valence-corrected chi connectivity index (χ1v) is 12.6. The number of hydrogen-bond acceptors (Lipinski definition) is 6. The summed E-state index contributed by atoms with van der Waals surface area (Å²) in [6.07, 6.45) is 0.746. The standard InChI is InChI=1S/C24H27N3O6S/c1-17-15-20-5-3-4-6-22(20)27(17)23(29)16-33-24(30)19-7-9-21(10-8-19)34(31,32)26-13-11-25(12-14-26)18(2)28/h3-10,17H,11-16H2,1-2H3. The number of anilines is 1. The van der Waals surface area contributed by atoms with Gasteiger partial charge in [-0.3, -0.25) is 9.59 Å². The van der Waals surface area contributed by atoms with Crippen LogP contribution >= 0.6 is 0 Å². The SMILES string of the molecule is CC(=O)N1CCN(S(=O)(=O)c2ccc(C(=O)OCC(=O)N3c4ccccc4CC3C)cc2)CC1.